The van der Waals surface area contributed by atoms with Gasteiger partial charge in [-0.05, 0) is 54.4 Å². The molecule has 0 bridgehead atoms. The third-order valence-electron chi connectivity index (χ3n) is 2.97. The lowest BCUT2D eigenvalue weighted by atomic mass is 10.1. The van der Waals surface area contributed by atoms with E-state index in [4.69, 9.17) is 10.5 Å². The van der Waals surface area contributed by atoms with Crippen molar-refractivity contribution in [3.63, 3.8) is 0 Å². The highest BCUT2D eigenvalue weighted by Crippen LogP contribution is 2.29. The van der Waals surface area contributed by atoms with Gasteiger partial charge in [-0.1, -0.05) is 12.1 Å². The van der Waals surface area contributed by atoms with Gasteiger partial charge in [-0.2, -0.15) is 0 Å². The fourth-order valence-corrected chi connectivity index (χ4v) is 2.11. The molecule has 1 aromatic carbocycles. The zero-order valence-corrected chi connectivity index (χ0v) is 13.2. The number of likely N-dealkylation sites (N-methyl/N-ethyl adjacent to an activating group) is 1. The van der Waals surface area contributed by atoms with Crippen LogP contribution in [0.25, 0.3) is 0 Å². The van der Waals surface area contributed by atoms with Crippen LogP contribution in [0.1, 0.15) is 19.4 Å². The predicted octanol–water partition coefficient (Wildman–Crippen LogP) is 2.20. The van der Waals surface area contributed by atoms with E-state index in [0.29, 0.717) is 12.3 Å². The molecule has 0 unspecified atom stereocenters. The lowest BCUT2D eigenvalue weighted by molar-refractivity contribution is -0.133. The summed E-state index contributed by atoms with van der Waals surface area (Å²) in [5, 5.41) is 0. The van der Waals surface area contributed by atoms with Crippen molar-refractivity contribution in [2.24, 2.45) is 5.73 Å². The van der Waals surface area contributed by atoms with Crippen LogP contribution in [-0.4, -0.2) is 37.0 Å². The van der Waals surface area contributed by atoms with Crippen molar-refractivity contribution in [1.82, 2.24) is 4.90 Å². The average molecular weight is 329 g/mol. The third-order valence-corrected chi connectivity index (χ3v) is 3.59. The van der Waals surface area contributed by atoms with Crippen molar-refractivity contribution < 1.29 is 9.53 Å². The highest BCUT2D eigenvalue weighted by molar-refractivity contribution is 9.10. The molecule has 0 heterocycles. The molecule has 0 aliphatic rings. The molecule has 0 radical (unpaired) electrons. The van der Waals surface area contributed by atoms with Crippen LogP contribution >= 0.6 is 15.9 Å². The van der Waals surface area contributed by atoms with E-state index in [1.165, 1.54) is 0 Å². The third kappa shape index (κ3) is 4.51. The first kappa shape index (κ1) is 16.0. The summed E-state index contributed by atoms with van der Waals surface area (Å²) in [6.07, 6.45) is 0.725. The van der Waals surface area contributed by atoms with Crippen molar-refractivity contribution >= 4 is 21.8 Å². The number of nitrogens with zero attached hydrogens (tertiary/aromatic N) is 1. The summed E-state index contributed by atoms with van der Waals surface area (Å²) < 4.78 is 6.51. The van der Waals surface area contributed by atoms with E-state index in [1.54, 1.807) is 11.9 Å². The van der Waals surface area contributed by atoms with Crippen LogP contribution in [0.15, 0.2) is 22.7 Å². The minimum absolute atomic E-state index is 0.0366. The maximum Gasteiger partial charge on any atom is 0.260 e. The molecule has 5 heteroatoms. The van der Waals surface area contributed by atoms with Crippen molar-refractivity contribution in [3.05, 3.63) is 28.2 Å². The SMILES string of the molecule is CC(C)N(C)C(=O)COc1c(Br)cccc1CCN. The Balaban J connectivity index is 2.74. The van der Waals surface area contributed by atoms with Gasteiger partial charge in [0.1, 0.15) is 5.75 Å². The molecule has 0 aliphatic heterocycles. The molecule has 1 aromatic rings. The van der Waals surface area contributed by atoms with Crippen LogP contribution in [0.4, 0.5) is 0 Å². The van der Waals surface area contributed by atoms with Gasteiger partial charge in [0.05, 0.1) is 4.47 Å². The second-order valence-corrected chi connectivity index (χ2v) is 5.51. The van der Waals surface area contributed by atoms with E-state index in [-0.39, 0.29) is 18.6 Å². The first-order valence-electron chi connectivity index (χ1n) is 6.33. The highest BCUT2D eigenvalue weighted by atomic mass is 79.9. The molecule has 0 atom stereocenters. The Kier molecular flexibility index (Phi) is 6.31. The number of rotatable bonds is 6. The molecule has 1 amide bonds. The molecule has 106 valence electrons. The van der Waals surface area contributed by atoms with Gasteiger partial charge in [-0.15, -0.1) is 0 Å². The van der Waals surface area contributed by atoms with Gasteiger partial charge in [-0.3, -0.25) is 4.79 Å². The van der Waals surface area contributed by atoms with Gasteiger partial charge in [0.15, 0.2) is 6.61 Å². The van der Waals surface area contributed by atoms with Crippen LogP contribution in [0.5, 0.6) is 5.75 Å². The van der Waals surface area contributed by atoms with Crippen molar-refractivity contribution in [1.29, 1.82) is 0 Å². The van der Waals surface area contributed by atoms with Crippen molar-refractivity contribution in [3.8, 4) is 5.75 Å². The van der Waals surface area contributed by atoms with Gasteiger partial charge >= 0.3 is 0 Å². The minimum atomic E-state index is -0.0375. The summed E-state index contributed by atoms with van der Waals surface area (Å²) in [7, 11) is 1.77. The molecule has 0 saturated heterocycles. The zero-order valence-electron chi connectivity index (χ0n) is 11.6. The molecule has 4 nitrogen and oxygen atoms in total. The van der Waals surface area contributed by atoms with Crippen LogP contribution < -0.4 is 10.5 Å². The topological polar surface area (TPSA) is 55.6 Å². The van der Waals surface area contributed by atoms with Gasteiger partial charge in [0.2, 0.25) is 0 Å². The fraction of sp³-hybridized carbons (Fsp3) is 0.500. The van der Waals surface area contributed by atoms with Gasteiger partial charge in [0, 0.05) is 13.1 Å². The Morgan fingerprint density at radius 3 is 2.74 bits per heavy atom. The maximum absolute atomic E-state index is 11.9. The molecule has 0 aromatic heterocycles. The van der Waals surface area contributed by atoms with Crippen LogP contribution in [0.2, 0.25) is 0 Å². The largest absolute Gasteiger partial charge is 0.482 e. The summed E-state index contributed by atoms with van der Waals surface area (Å²) in [6.45, 7) is 4.52. The Hall–Kier alpha value is -1.07. The summed E-state index contributed by atoms with van der Waals surface area (Å²) in [5.41, 5.74) is 6.59. The number of carbonyl (C=O) groups is 1. The number of nitrogens with two attached hydrogens (primary N) is 1. The number of hydrogen-bond acceptors (Lipinski definition) is 3. The Bertz CT molecular complexity index is 435. The lowest BCUT2D eigenvalue weighted by Crippen LogP contribution is -2.36. The van der Waals surface area contributed by atoms with Gasteiger partial charge in [0.25, 0.3) is 5.91 Å². The Morgan fingerprint density at radius 1 is 1.47 bits per heavy atom. The van der Waals surface area contributed by atoms with E-state index in [1.807, 2.05) is 32.0 Å². The van der Waals surface area contributed by atoms with Crippen LogP contribution in [-0.2, 0) is 11.2 Å². The molecule has 0 spiro atoms. The first-order valence-corrected chi connectivity index (χ1v) is 7.12. The van der Waals surface area contributed by atoms with E-state index >= 15 is 0 Å². The number of ether oxygens (including phenoxy) is 1. The number of para-hydroxylation sites is 1. The van der Waals surface area contributed by atoms with Crippen LogP contribution in [0.3, 0.4) is 0 Å². The number of benzene rings is 1. The van der Waals surface area contributed by atoms with E-state index in [9.17, 15) is 4.79 Å². The highest BCUT2D eigenvalue weighted by Gasteiger charge is 2.14. The standard InChI is InChI=1S/C14H21BrN2O2/c1-10(2)17(3)13(18)9-19-14-11(7-8-16)5-4-6-12(14)15/h4-6,10H,7-9,16H2,1-3H3. The zero-order chi connectivity index (χ0) is 14.4. The summed E-state index contributed by atoms with van der Waals surface area (Å²) in [4.78, 5) is 13.6. The molecule has 0 fully saturated rings. The molecule has 19 heavy (non-hydrogen) atoms. The van der Waals surface area contributed by atoms with Gasteiger partial charge in [-0.25, -0.2) is 0 Å². The molecule has 1 rings (SSSR count). The predicted molar refractivity (Wildman–Crippen MR) is 80.3 cm³/mol. The number of hydrogen-bond donors (Lipinski definition) is 1. The normalized spacial score (nSPS) is 10.6. The molecular weight excluding hydrogens is 308 g/mol. The molecule has 0 aliphatic carbocycles. The van der Waals surface area contributed by atoms with E-state index in [2.05, 4.69) is 15.9 Å². The molecule has 0 saturated carbocycles. The van der Waals surface area contributed by atoms with Crippen molar-refractivity contribution in [2.75, 3.05) is 20.2 Å². The lowest BCUT2D eigenvalue weighted by Gasteiger charge is -2.22. The quantitative estimate of drug-likeness (QED) is 0.870. The average Bonchev–Trinajstić information content (AvgIpc) is 2.37. The van der Waals surface area contributed by atoms with E-state index in [0.717, 1.165) is 16.5 Å². The van der Waals surface area contributed by atoms with Crippen molar-refractivity contribution in [2.45, 2.75) is 26.3 Å². The molecular formula is C14H21BrN2O2. The molecule has 2 N–H and O–H groups in total. The second-order valence-electron chi connectivity index (χ2n) is 4.65. The monoisotopic (exact) mass is 328 g/mol. The first-order chi connectivity index (χ1) is 8.97. The number of halogens is 1. The number of carbonyl (C=O) groups excluding carboxylic acids is 1. The Labute approximate surface area is 123 Å². The minimum Gasteiger partial charge on any atom is -0.482 e. The van der Waals surface area contributed by atoms with Gasteiger partial charge < -0.3 is 15.4 Å². The maximum atomic E-state index is 11.9. The second kappa shape index (κ2) is 7.50. The summed E-state index contributed by atoms with van der Waals surface area (Å²) >= 11 is 3.44. The Morgan fingerprint density at radius 2 is 2.16 bits per heavy atom. The summed E-state index contributed by atoms with van der Waals surface area (Å²) in [5.74, 6) is 0.669. The fourth-order valence-electron chi connectivity index (χ4n) is 1.59. The van der Waals surface area contributed by atoms with E-state index < -0.39 is 0 Å². The smallest absolute Gasteiger partial charge is 0.260 e. The summed E-state index contributed by atoms with van der Waals surface area (Å²) in [6, 6.07) is 5.96. The van der Waals surface area contributed by atoms with Crippen LogP contribution in [0, 0.1) is 0 Å². The number of amides is 1.